The Balaban J connectivity index is 0.00000204. The molecule has 154 valence electrons. The van der Waals surface area contributed by atoms with Crippen LogP contribution < -0.4 is 11.1 Å². The minimum absolute atomic E-state index is 0.138. The second-order valence-corrected chi connectivity index (χ2v) is 6.37. The Hall–Kier alpha value is -3.21. The minimum Gasteiger partial charge on any atom is -0.399 e. The van der Waals surface area contributed by atoms with E-state index < -0.39 is 0 Å². The molecule has 5 heteroatoms. The van der Waals surface area contributed by atoms with Crippen LogP contribution in [0.4, 0.5) is 0 Å². The molecule has 1 aliphatic carbocycles. The van der Waals surface area contributed by atoms with Crippen LogP contribution >= 0.6 is 0 Å². The molecule has 2 rings (SSSR count). The van der Waals surface area contributed by atoms with Crippen LogP contribution in [0.15, 0.2) is 82.6 Å². The summed E-state index contributed by atoms with van der Waals surface area (Å²) in [5, 5.41) is 2.83. The molecule has 0 atom stereocenters. The molecule has 0 bridgehead atoms. The molecule has 1 aliphatic rings. The molecule has 0 radical (unpaired) electrons. The number of rotatable bonds is 6. The van der Waals surface area contributed by atoms with Crippen molar-refractivity contribution in [3.63, 3.8) is 0 Å². The van der Waals surface area contributed by atoms with Crippen molar-refractivity contribution < 1.29 is 4.79 Å². The third-order valence-corrected chi connectivity index (χ3v) is 4.03. The third kappa shape index (κ3) is 9.02. The lowest BCUT2D eigenvalue weighted by molar-refractivity contribution is -0.119. The van der Waals surface area contributed by atoms with E-state index in [0.29, 0.717) is 18.1 Å². The van der Waals surface area contributed by atoms with Gasteiger partial charge in [0.2, 0.25) is 5.91 Å². The highest BCUT2D eigenvalue weighted by Crippen LogP contribution is 2.09. The van der Waals surface area contributed by atoms with Crippen molar-refractivity contribution in [3.8, 4) is 0 Å². The minimum atomic E-state index is -0.138. The van der Waals surface area contributed by atoms with Crippen molar-refractivity contribution in [2.24, 2.45) is 15.7 Å². The predicted molar refractivity (Wildman–Crippen MR) is 124 cm³/mol. The van der Waals surface area contributed by atoms with E-state index in [-0.39, 0.29) is 12.3 Å². The fraction of sp³-hybridized carbons (Fsp3) is 0.292. The van der Waals surface area contributed by atoms with Gasteiger partial charge in [-0.1, -0.05) is 62.4 Å². The van der Waals surface area contributed by atoms with Gasteiger partial charge < -0.3 is 11.1 Å². The van der Waals surface area contributed by atoms with Crippen LogP contribution in [0.1, 0.15) is 38.3 Å². The molecule has 0 aliphatic heterocycles. The maximum Gasteiger partial charge on any atom is 0.229 e. The lowest BCUT2D eigenvalue weighted by Crippen LogP contribution is -2.36. The maximum absolute atomic E-state index is 12.4. The molecule has 0 spiro atoms. The summed E-state index contributed by atoms with van der Waals surface area (Å²) >= 11 is 0. The standard InChI is InChI=1S/C22H26N4O.C2H6/c1-4-24-22(26-21(27)14-18-10-8-16(2)9-11-18)17(3)25-15-19-6-5-7-20(23)13-12-19;1-2/h4-5,7-13H,1,6,14-15,23H2,2-3H3,(H,24,26,27);1-2H3. The van der Waals surface area contributed by atoms with Crippen molar-refractivity contribution in [1.82, 2.24) is 5.32 Å². The van der Waals surface area contributed by atoms with Crippen molar-refractivity contribution in [3.05, 3.63) is 83.7 Å². The molecule has 1 amide bonds. The lowest BCUT2D eigenvalue weighted by Gasteiger charge is -2.09. The van der Waals surface area contributed by atoms with Gasteiger partial charge in [-0.2, -0.15) is 0 Å². The fourth-order valence-corrected chi connectivity index (χ4v) is 2.47. The van der Waals surface area contributed by atoms with Crippen LogP contribution in [0.3, 0.4) is 0 Å². The summed E-state index contributed by atoms with van der Waals surface area (Å²) in [6.45, 7) is 12.0. The molecule has 0 saturated heterocycles. The van der Waals surface area contributed by atoms with E-state index in [2.05, 4.69) is 21.9 Å². The summed E-state index contributed by atoms with van der Waals surface area (Å²) in [7, 11) is 0. The van der Waals surface area contributed by atoms with Crippen LogP contribution in [0, 0.1) is 6.92 Å². The SMILES string of the molecule is C=CN=C(NC(=O)Cc1ccc(C)cc1)C(C)=NCC1=CC=C(N)C=CC1.CC. The maximum atomic E-state index is 12.4. The molecule has 0 fully saturated rings. The Bertz CT molecular complexity index is 840. The van der Waals surface area contributed by atoms with Gasteiger partial charge in [0, 0.05) is 11.9 Å². The molecule has 0 unspecified atom stereocenters. The largest absolute Gasteiger partial charge is 0.399 e. The van der Waals surface area contributed by atoms with Gasteiger partial charge in [0.15, 0.2) is 5.84 Å². The number of hydrogen-bond donors (Lipinski definition) is 2. The zero-order valence-corrected chi connectivity index (χ0v) is 17.9. The number of nitrogens with zero attached hydrogens (tertiary/aromatic N) is 2. The van der Waals surface area contributed by atoms with Gasteiger partial charge in [0.25, 0.3) is 0 Å². The molecule has 3 N–H and O–H groups in total. The second kappa shape index (κ2) is 13.0. The van der Waals surface area contributed by atoms with Crippen LogP contribution in [-0.2, 0) is 11.2 Å². The summed E-state index contributed by atoms with van der Waals surface area (Å²) in [6.07, 6.45) is 10.2. The van der Waals surface area contributed by atoms with Gasteiger partial charge in [-0.05, 0) is 43.6 Å². The van der Waals surface area contributed by atoms with Crippen molar-refractivity contribution in [2.45, 2.75) is 40.5 Å². The molecule has 1 aromatic carbocycles. The van der Waals surface area contributed by atoms with E-state index in [1.54, 1.807) is 0 Å². The average molecular weight is 393 g/mol. The smallest absolute Gasteiger partial charge is 0.229 e. The Morgan fingerprint density at radius 2 is 1.93 bits per heavy atom. The Morgan fingerprint density at radius 3 is 2.59 bits per heavy atom. The number of allylic oxidation sites excluding steroid dienone is 4. The van der Waals surface area contributed by atoms with Crippen LogP contribution in [0.2, 0.25) is 0 Å². The number of nitrogens with one attached hydrogen (secondary N) is 1. The van der Waals surface area contributed by atoms with Crippen molar-refractivity contribution in [1.29, 1.82) is 0 Å². The average Bonchev–Trinajstić information content (AvgIpc) is 2.93. The molecular weight excluding hydrogens is 360 g/mol. The summed E-state index contributed by atoms with van der Waals surface area (Å²) in [6, 6.07) is 7.88. The first-order valence-corrected chi connectivity index (χ1v) is 9.85. The number of amidine groups is 1. The molecule has 1 aromatic rings. The number of benzene rings is 1. The number of aliphatic imine (C=N–C) groups is 2. The zero-order chi connectivity index (χ0) is 21.6. The highest BCUT2D eigenvalue weighted by atomic mass is 16.1. The Morgan fingerprint density at radius 1 is 1.24 bits per heavy atom. The van der Waals surface area contributed by atoms with E-state index in [1.807, 2.05) is 76.3 Å². The van der Waals surface area contributed by atoms with Gasteiger partial charge in [0.1, 0.15) is 0 Å². The number of carbonyl (C=O) groups is 1. The topological polar surface area (TPSA) is 79.8 Å². The lowest BCUT2D eigenvalue weighted by atomic mass is 10.1. The number of hydrogen-bond acceptors (Lipinski definition) is 4. The van der Waals surface area contributed by atoms with E-state index in [1.165, 1.54) is 6.20 Å². The summed E-state index contributed by atoms with van der Waals surface area (Å²) in [5.74, 6) is 0.281. The van der Waals surface area contributed by atoms with E-state index >= 15 is 0 Å². The van der Waals surface area contributed by atoms with Crippen LogP contribution in [-0.4, -0.2) is 24.0 Å². The monoisotopic (exact) mass is 392 g/mol. The summed E-state index contributed by atoms with van der Waals surface area (Å²) in [5.41, 5.74) is 10.4. The fourth-order valence-electron chi connectivity index (χ4n) is 2.47. The van der Waals surface area contributed by atoms with Crippen molar-refractivity contribution in [2.75, 3.05) is 6.54 Å². The zero-order valence-electron chi connectivity index (χ0n) is 17.9. The first-order chi connectivity index (χ1) is 14.0. The van der Waals surface area contributed by atoms with Crippen LogP contribution in [0.25, 0.3) is 0 Å². The number of nitrogens with two attached hydrogens (primary N) is 1. The quantitative estimate of drug-likeness (QED) is 0.555. The normalized spacial score (nSPS) is 14.1. The first kappa shape index (κ1) is 23.8. The van der Waals surface area contributed by atoms with E-state index in [4.69, 9.17) is 5.73 Å². The van der Waals surface area contributed by atoms with Gasteiger partial charge in [-0.3, -0.25) is 9.79 Å². The van der Waals surface area contributed by atoms with Gasteiger partial charge in [-0.15, -0.1) is 0 Å². The van der Waals surface area contributed by atoms with Gasteiger partial charge in [-0.25, -0.2) is 4.99 Å². The number of aryl methyl sites for hydroxylation is 1. The predicted octanol–water partition coefficient (Wildman–Crippen LogP) is 4.41. The molecule has 0 aromatic heterocycles. The van der Waals surface area contributed by atoms with Crippen molar-refractivity contribution >= 4 is 17.5 Å². The molecule has 5 nitrogen and oxygen atoms in total. The highest BCUT2D eigenvalue weighted by Gasteiger charge is 2.10. The summed E-state index contributed by atoms with van der Waals surface area (Å²) in [4.78, 5) is 21.1. The van der Waals surface area contributed by atoms with Gasteiger partial charge in [0.05, 0.1) is 18.7 Å². The Kier molecular flexibility index (Phi) is 10.7. The molecular formula is C24H32N4O. The van der Waals surface area contributed by atoms with E-state index in [0.717, 1.165) is 28.8 Å². The third-order valence-electron chi connectivity index (χ3n) is 4.03. The molecule has 0 heterocycles. The number of carbonyl (C=O) groups excluding carboxylic acids is 1. The summed E-state index contributed by atoms with van der Waals surface area (Å²) < 4.78 is 0. The Labute approximate surface area is 174 Å². The molecule has 29 heavy (non-hydrogen) atoms. The van der Waals surface area contributed by atoms with Crippen LogP contribution in [0.5, 0.6) is 0 Å². The second-order valence-electron chi connectivity index (χ2n) is 6.37. The first-order valence-electron chi connectivity index (χ1n) is 9.85. The molecule has 0 saturated carbocycles. The van der Waals surface area contributed by atoms with E-state index in [9.17, 15) is 4.79 Å². The van der Waals surface area contributed by atoms with Gasteiger partial charge >= 0.3 is 0 Å². The number of amides is 1. The highest BCUT2D eigenvalue weighted by molar-refractivity contribution is 6.43.